The molecule has 0 bridgehead atoms. The quantitative estimate of drug-likeness (QED) is 0.507. The zero-order chi connectivity index (χ0) is 14.7. The highest BCUT2D eigenvalue weighted by Crippen LogP contribution is 2.25. The van der Waals surface area contributed by atoms with Crippen molar-refractivity contribution in [3.8, 4) is 0 Å². The Balaban J connectivity index is 2.56. The zero-order valence-electron chi connectivity index (χ0n) is 11.6. The smallest absolute Gasteiger partial charge is 0.225 e. The van der Waals surface area contributed by atoms with E-state index in [9.17, 15) is 5.11 Å². The fourth-order valence-corrected chi connectivity index (χ4v) is 1.70. The maximum absolute atomic E-state index is 9.30. The standard InChI is InChI=1S/C11H18N8O/c1-5(20)4-15-11-17-7-6(9(14-3)19-11)16-10(12)18-8(7)13-2/h5,20H,4H2,1-3H3,(H3,12,13,16,18)(H2,14,15,17,19). The van der Waals surface area contributed by atoms with Crippen molar-refractivity contribution >= 4 is 34.6 Å². The second-order valence-electron chi connectivity index (χ2n) is 4.25. The minimum Gasteiger partial charge on any atom is -0.392 e. The molecule has 0 aliphatic rings. The first kappa shape index (κ1) is 14.0. The van der Waals surface area contributed by atoms with E-state index in [0.29, 0.717) is 35.2 Å². The van der Waals surface area contributed by atoms with Crippen LogP contribution in [0.4, 0.5) is 23.5 Å². The molecule has 9 heteroatoms. The Morgan fingerprint density at radius 2 is 1.65 bits per heavy atom. The number of nitrogens with one attached hydrogen (secondary N) is 3. The zero-order valence-corrected chi connectivity index (χ0v) is 11.6. The summed E-state index contributed by atoms with van der Waals surface area (Å²) >= 11 is 0. The Morgan fingerprint density at radius 3 is 2.25 bits per heavy atom. The van der Waals surface area contributed by atoms with Crippen LogP contribution in [-0.2, 0) is 0 Å². The van der Waals surface area contributed by atoms with Crippen LogP contribution in [0.3, 0.4) is 0 Å². The number of aromatic nitrogens is 4. The van der Waals surface area contributed by atoms with Gasteiger partial charge >= 0.3 is 0 Å². The van der Waals surface area contributed by atoms with E-state index in [4.69, 9.17) is 5.73 Å². The number of aliphatic hydroxyl groups excluding tert-OH is 1. The van der Waals surface area contributed by atoms with Crippen LogP contribution in [0.25, 0.3) is 11.0 Å². The summed E-state index contributed by atoms with van der Waals surface area (Å²) < 4.78 is 0. The predicted molar refractivity (Wildman–Crippen MR) is 78.8 cm³/mol. The minimum atomic E-state index is -0.501. The van der Waals surface area contributed by atoms with Crippen LogP contribution < -0.4 is 21.7 Å². The molecule has 20 heavy (non-hydrogen) atoms. The van der Waals surface area contributed by atoms with Crippen molar-refractivity contribution in [3.05, 3.63) is 0 Å². The monoisotopic (exact) mass is 278 g/mol. The summed E-state index contributed by atoms with van der Waals surface area (Å²) in [6.07, 6.45) is -0.501. The molecule has 108 valence electrons. The van der Waals surface area contributed by atoms with E-state index in [-0.39, 0.29) is 5.95 Å². The number of nitrogens with two attached hydrogens (primary N) is 1. The number of hydrogen-bond donors (Lipinski definition) is 5. The lowest BCUT2D eigenvalue weighted by atomic mass is 10.3. The van der Waals surface area contributed by atoms with Gasteiger partial charge in [0.05, 0.1) is 6.10 Å². The lowest BCUT2D eigenvalue weighted by molar-refractivity contribution is 0.208. The van der Waals surface area contributed by atoms with Crippen LogP contribution >= 0.6 is 0 Å². The van der Waals surface area contributed by atoms with E-state index in [1.807, 2.05) is 0 Å². The third-order valence-electron chi connectivity index (χ3n) is 2.59. The highest BCUT2D eigenvalue weighted by molar-refractivity contribution is 5.94. The third kappa shape index (κ3) is 2.77. The van der Waals surface area contributed by atoms with Gasteiger partial charge in [-0.2, -0.15) is 9.97 Å². The summed E-state index contributed by atoms with van der Waals surface area (Å²) in [6, 6.07) is 0. The molecule has 0 saturated heterocycles. The van der Waals surface area contributed by atoms with Crippen molar-refractivity contribution < 1.29 is 5.11 Å². The van der Waals surface area contributed by atoms with Crippen LogP contribution in [0.2, 0.25) is 0 Å². The average Bonchev–Trinajstić information content (AvgIpc) is 2.43. The molecule has 2 heterocycles. The highest BCUT2D eigenvalue weighted by atomic mass is 16.3. The fraction of sp³-hybridized carbons (Fsp3) is 0.455. The molecule has 0 aliphatic carbocycles. The Labute approximate surface area is 116 Å². The fourth-order valence-electron chi connectivity index (χ4n) is 1.70. The van der Waals surface area contributed by atoms with Crippen LogP contribution in [0, 0.1) is 0 Å². The van der Waals surface area contributed by atoms with Gasteiger partial charge in [0.25, 0.3) is 0 Å². The van der Waals surface area contributed by atoms with Gasteiger partial charge in [-0.3, -0.25) is 0 Å². The number of fused-ring (bicyclic) bond motifs is 1. The topological polar surface area (TPSA) is 134 Å². The van der Waals surface area contributed by atoms with Crippen LogP contribution in [0.5, 0.6) is 0 Å². The first-order valence-electron chi connectivity index (χ1n) is 6.17. The number of nitrogen functional groups attached to an aromatic ring is 1. The van der Waals surface area contributed by atoms with Crippen LogP contribution in [0.1, 0.15) is 6.92 Å². The largest absolute Gasteiger partial charge is 0.392 e. The molecule has 0 saturated carbocycles. The molecule has 1 atom stereocenters. The second-order valence-corrected chi connectivity index (χ2v) is 4.25. The number of hydrogen-bond acceptors (Lipinski definition) is 9. The number of aliphatic hydroxyl groups is 1. The molecule has 2 rings (SSSR count). The maximum atomic E-state index is 9.30. The Hall–Kier alpha value is -2.42. The van der Waals surface area contributed by atoms with Crippen molar-refractivity contribution in [1.82, 2.24) is 19.9 Å². The summed E-state index contributed by atoms with van der Waals surface area (Å²) in [4.78, 5) is 16.9. The van der Waals surface area contributed by atoms with Gasteiger partial charge in [-0.1, -0.05) is 0 Å². The summed E-state index contributed by atoms with van der Waals surface area (Å²) in [5, 5.41) is 18.1. The lowest BCUT2D eigenvalue weighted by Gasteiger charge is -2.12. The molecule has 0 radical (unpaired) electrons. The van der Waals surface area contributed by atoms with Crippen molar-refractivity contribution in [2.75, 3.05) is 42.3 Å². The van der Waals surface area contributed by atoms with E-state index >= 15 is 0 Å². The van der Waals surface area contributed by atoms with E-state index in [1.165, 1.54) is 0 Å². The van der Waals surface area contributed by atoms with Gasteiger partial charge in [-0.05, 0) is 6.92 Å². The molecule has 0 spiro atoms. The highest BCUT2D eigenvalue weighted by Gasteiger charge is 2.13. The molecule has 2 aromatic rings. The van der Waals surface area contributed by atoms with Crippen LogP contribution in [0.15, 0.2) is 0 Å². The van der Waals surface area contributed by atoms with Gasteiger partial charge in [-0.15, -0.1) is 0 Å². The average molecular weight is 278 g/mol. The molecular weight excluding hydrogens is 260 g/mol. The van der Waals surface area contributed by atoms with Crippen molar-refractivity contribution in [2.24, 2.45) is 0 Å². The first-order chi connectivity index (χ1) is 9.55. The van der Waals surface area contributed by atoms with E-state index in [1.54, 1.807) is 21.0 Å². The molecule has 6 N–H and O–H groups in total. The van der Waals surface area contributed by atoms with Crippen molar-refractivity contribution in [1.29, 1.82) is 0 Å². The Bertz CT molecular complexity index is 615. The van der Waals surface area contributed by atoms with Gasteiger partial charge in [0, 0.05) is 20.6 Å². The maximum Gasteiger partial charge on any atom is 0.225 e. The summed E-state index contributed by atoms with van der Waals surface area (Å²) in [5.74, 6) is 1.58. The molecular formula is C11H18N8O. The van der Waals surface area contributed by atoms with Crippen LogP contribution in [-0.4, -0.2) is 51.8 Å². The molecule has 1 unspecified atom stereocenters. The lowest BCUT2D eigenvalue weighted by Crippen LogP contribution is -2.17. The number of nitrogens with zero attached hydrogens (tertiary/aromatic N) is 4. The molecule has 0 fully saturated rings. The summed E-state index contributed by atoms with van der Waals surface area (Å²) in [5.41, 5.74) is 6.75. The van der Waals surface area contributed by atoms with Gasteiger partial charge in [-0.25, -0.2) is 9.97 Å². The summed E-state index contributed by atoms with van der Waals surface area (Å²) in [6.45, 7) is 2.02. The van der Waals surface area contributed by atoms with Gasteiger partial charge < -0.3 is 26.8 Å². The van der Waals surface area contributed by atoms with Gasteiger partial charge in [0.2, 0.25) is 11.9 Å². The van der Waals surface area contributed by atoms with E-state index in [2.05, 4.69) is 35.9 Å². The SMILES string of the molecule is CNc1nc(NCC(C)O)nc2c(NC)nc(N)nc12. The Kier molecular flexibility index (Phi) is 3.99. The van der Waals surface area contributed by atoms with Gasteiger partial charge in [0.1, 0.15) is 11.0 Å². The summed E-state index contributed by atoms with van der Waals surface area (Å²) in [7, 11) is 3.46. The Morgan fingerprint density at radius 1 is 1.05 bits per heavy atom. The minimum absolute atomic E-state index is 0.145. The van der Waals surface area contributed by atoms with Gasteiger partial charge in [0.15, 0.2) is 11.6 Å². The van der Waals surface area contributed by atoms with E-state index < -0.39 is 6.10 Å². The molecule has 2 aromatic heterocycles. The molecule has 0 aliphatic heterocycles. The second kappa shape index (κ2) is 5.70. The molecule has 9 nitrogen and oxygen atoms in total. The number of anilines is 4. The normalized spacial score (nSPS) is 12.2. The molecule has 0 amide bonds. The number of rotatable bonds is 5. The van der Waals surface area contributed by atoms with E-state index in [0.717, 1.165) is 0 Å². The third-order valence-corrected chi connectivity index (χ3v) is 2.59. The predicted octanol–water partition coefficient (Wildman–Crippen LogP) is -0.122. The van der Waals surface area contributed by atoms with Crippen molar-refractivity contribution in [3.63, 3.8) is 0 Å². The molecule has 0 aromatic carbocycles. The first-order valence-corrected chi connectivity index (χ1v) is 6.17. The van der Waals surface area contributed by atoms with Crippen molar-refractivity contribution in [2.45, 2.75) is 13.0 Å².